The molecule has 2 amide bonds. The van der Waals surface area contributed by atoms with Gasteiger partial charge >= 0.3 is 11.9 Å². The maximum atomic E-state index is 11.3. The summed E-state index contributed by atoms with van der Waals surface area (Å²) in [5.74, 6) is -2.22. The van der Waals surface area contributed by atoms with Gasteiger partial charge in [-0.15, -0.1) is 0 Å². The van der Waals surface area contributed by atoms with Crippen LogP contribution in [-0.4, -0.2) is 55.4 Å². The van der Waals surface area contributed by atoms with E-state index in [4.69, 9.17) is 10.2 Å². The van der Waals surface area contributed by atoms with E-state index in [1.807, 2.05) is 27.7 Å². The normalized spacial score (nSPS) is 9.11. The minimum atomic E-state index is -0.870. The number of hydrogen-bond donors (Lipinski definition) is 4. The molecule has 12 nitrogen and oxygen atoms in total. The van der Waals surface area contributed by atoms with E-state index in [9.17, 15) is 19.2 Å². The van der Waals surface area contributed by atoms with Gasteiger partial charge in [0.25, 0.3) is 11.8 Å². The zero-order chi connectivity index (χ0) is 27.3. The summed E-state index contributed by atoms with van der Waals surface area (Å²) in [5.41, 5.74) is 7.43. The number of hydrazone groups is 2. The summed E-state index contributed by atoms with van der Waals surface area (Å²) in [4.78, 5) is 50.0. The molecule has 0 spiro atoms. The lowest BCUT2D eigenvalue weighted by Crippen LogP contribution is -2.18. The fraction of sp³-hybridized carbons (Fsp3) is 0.333. The Morgan fingerprint density at radius 2 is 1.08 bits per heavy atom. The first-order valence-corrected chi connectivity index (χ1v) is 10.9. The number of carbonyl (C=O) groups excluding carboxylic acids is 2. The number of aromatic nitrogens is 2. The fourth-order valence-corrected chi connectivity index (χ4v) is 2.00. The molecule has 36 heavy (non-hydrogen) atoms. The number of amides is 2. The molecule has 2 rings (SSSR count). The van der Waals surface area contributed by atoms with Crippen molar-refractivity contribution in [2.75, 3.05) is 0 Å². The average Bonchev–Trinajstić information content (AvgIpc) is 2.85. The number of nitrogens with zero attached hydrogens (tertiary/aromatic N) is 4. The molecule has 12 heteroatoms. The summed E-state index contributed by atoms with van der Waals surface area (Å²) in [7, 11) is 0. The number of carboxylic acids is 2. The van der Waals surface area contributed by atoms with Gasteiger partial charge in [-0.05, 0) is 64.8 Å². The second-order valence-corrected chi connectivity index (χ2v) is 7.48. The molecule has 0 saturated carbocycles. The highest BCUT2D eigenvalue weighted by Gasteiger charge is 2.03. The largest absolute Gasteiger partial charge is 0.481 e. The lowest BCUT2D eigenvalue weighted by atomic mass is 10.2. The first-order chi connectivity index (χ1) is 17.0. The van der Waals surface area contributed by atoms with Crippen LogP contribution in [0.3, 0.4) is 0 Å². The molecule has 0 bridgehead atoms. The predicted octanol–water partition coefficient (Wildman–Crippen LogP) is 3.13. The van der Waals surface area contributed by atoms with Gasteiger partial charge in [0.05, 0.1) is 11.1 Å². The van der Waals surface area contributed by atoms with Crippen LogP contribution < -0.4 is 10.9 Å². The van der Waals surface area contributed by atoms with Crippen molar-refractivity contribution >= 4 is 35.2 Å². The summed E-state index contributed by atoms with van der Waals surface area (Å²) >= 11 is 0. The molecule has 2 heterocycles. The average molecular weight is 501 g/mol. The summed E-state index contributed by atoms with van der Waals surface area (Å²) in [6, 6.07) is 6.78. The van der Waals surface area contributed by atoms with Crippen molar-refractivity contribution in [1.29, 1.82) is 0 Å². The van der Waals surface area contributed by atoms with E-state index < -0.39 is 11.9 Å². The van der Waals surface area contributed by atoms with Gasteiger partial charge in [0, 0.05) is 49.1 Å². The van der Waals surface area contributed by atoms with E-state index in [0.717, 1.165) is 11.4 Å². The number of aliphatic carboxylic acids is 2. The van der Waals surface area contributed by atoms with Crippen molar-refractivity contribution in [3.63, 3.8) is 0 Å². The van der Waals surface area contributed by atoms with Gasteiger partial charge in [-0.1, -0.05) is 0 Å². The van der Waals surface area contributed by atoms with Crippen LogP contribution in [0.4, 0.5) is 0 Å². The van der Waals surface area contributed by atoms with Crippen LogP contribution in [0.1, 0.15) is 74.1 Å². The maximum absolute atomic E-state index is 11.3. The van der Waals surface area contributed by atoms with Crippen molar-refractivity contribution in [1.82, 2.24) is 20.8 Å². The monoisotopic (exact) mass is 500 g/mol. The van der Waals surface area contributed by atoms with Crippen molar-refractivity contribution in [3.05, 3.63) is 60.2 Å². The van der Waals surface area contributed by atoms with Gasteiger partial charge in [0.2, 0.25) is 0 Å². The smallest absolute Gasteiger partial charge is 0.303 e. The number of nitrogens with one attached hydrogen (secondary N) is 2. The van der Waals surface area contributed by atoms with Crippen LogP contribution in [-0.2, 0) is 9.59 Å². The zero-order valence-corrected chi connectivity index (χ0v) is 20.8. The van der Waals surface area contributed by atoms with Crippen LogP contribution in [0, 0.1) is 0 Å². The highest BCUT2D eigenvalue weighted by Crippen LogP contribution is 1.99. The highest BCUT2D eigenvalue weighted by molar-refractivity contribution is 5.95. The van der Waals surface area contributed by atoms with Gasteiger partial charge in [-0.25, -0.2) is 10.9 Å². The topological polar surface area (TPSA) is 183 Å². The minimum Gasteiger partial charge on any atom is -0.481 e. The van der Waals surface area contributed by atoms with Crippen LogP contribution >= 0.6 is 0 Å². The number of carboxylic acid groups (broad SMARTS) is 2. The molecule has 2 aromatic heterocycles. The van der Waals surface area contributed by atoms with Crippen molar-refractivity contribution in [2.45, 2.75) is 53.4 Å². The first-order valence-electron chi connectivity index (χ1n) is 10.9. The van der Waals surface area contributed by atoms with Gasteiger partial charge in [0.15, 0.2) is 0 Å². The number of unbranched alkanes of at least 4 members (excludes halogenated alkanes) is 1. The van der Waals surface area contributed by atoms with Crippen LogP contribution in [0.25, 0.3) is 0 Å². The Bertz CT molecular complexity index is 934. The Morgan fingerprint density at radius 1 is 0.722 bits per heavy atom. The molecular formula is C24H32N6O6. The quantitative estimate of drug-likeness (QED) is 0.230. The Hall–Kier alpha value is -4.48. The molecule has 0 aliphatic rings. The fourth-order valence-electron chi connectivity index (χ4n) is 2.00. The molecule has 194 valence electrons. The number of pyridine rings is 2. The third kappa shape index (κ3) is 18.0. The summed E-state index contributed by atoms with van der Waals surface area (Å²) in [6.45, 7) is 7.24. The molecule has 4 N–H and O–H groups in total. The Morgan fingerprint density at radius 3 is 1.33 bits per heavy atom. The molecule has 0 radical (unpaired) electrons. The highest BCUT2D eigenvalue weighted by atomic mass is 16.4. The molecule has 0 fully saturated rings. The Labute approximate surface area is 209 Å². The Balaban J connectivity index is 0.000000517. The molecule has 0 aromatic carbocycles. The third-order valence-corrected chi connectivity index (χ3v) is 3.64. The van der Waals surface area contributed by atoms with Crippen molar-refractivity contribution < 1.29 is 29.4 Å². The molecular weight excluding hydrogens is 468 g/mol. The van der Waals surface area contributed by atoms with Crippen LogP contribution in [0.2, 0.25) is 0 Å². The van der Waals surface area contributed by atoms with Gasteiger partial charge in [-0.2, -0.15) is 10.2 Å². The molecule has 0 atom stereocenters. The van der Waals surface area contributed by atoms with Crippen LogP contribution in [0.15, 0.2) is 59.3 Å². The van der Waals surface area contributed by atoms with Crippen molar-refractivity contribution in [3.8, 4) is 0 Å². The summed E-state index contributed by atoms with van der Waals surface area (Å²) in [6.07, 6.45) is 7.24. The second kappa shape index (κ2) is 18.9. The van der Waals surface area contributed by atoms with E-state index in [1.54, 1.807) is 36.7 Å². The molecule has 0 saturated heterocycles. The summed E-state index contributed by atoms with van der Waals surface area (Å²) in [5, 5.41) is 23.8. The van der Waals surface area contributed by atoms with Crippen LogP contribution in [0.5, 0.6) is 0 Å². The zero-order valence-electron chi connectivity index (χ0n) is 20.8. The first kappa shape index (κ1) is 31.5. The van der Waals surface area contributed by atoms with Crippen molar-refractivity contribution in [2.24, 2.45) is 10.2 Å². The minimum absolute atomic E-state index is 0.0628. The lowest BCUT2D eigenvalue weighted by Gasteiger charge is -1.98. The number of rotatable bonds is 9. The third-order valence-electron chi connectivity index (χ3n) is 3.64. The Kier molecular flexibility index (Phi) is 16.5. The van der Waals surface area contributed by atoms with E-state index >= 15 is 0 Å². The summed E-state index contributed by atoms with van der Waals surface area (Å²) < 4.78 is 0. The SMILES string of the molecule is CC(C)=NNC(=O)c1cccnc1.CC(C)=NNC(=O)c1cccnc1.O=C(O)CCCCC(=O)O. The van der Waals surface area contributed by atoms with E-state index in [1.165, 1.54) is 12.4 Å². The molecule has 2 aromatic rings. The van der Waals surface area contributed by atoms with Gasteiger partial charge < -0.3 is 10.2 Å². The standard InChI is InChI=1S/2C9H11N3O.C6H10O4/c2*1-7(2)11-12-9(13)8-4-3-5-10-6-8;7-5(8)3-1-2-4-6(9)10/h2*3-6H,1-2H3,(H,12,13);1-4H2,(H,7,8)(H,9,10). The van der Waals surface area contributed by atoms with E-state index in [2.05, 4.69) is 31.0 Å². The van der Waals surface area contributed by atoms with E-state index in [-0.39, 0.29) is 24.7 Å². The van der Waals surface area contributed by atoms with Gasteiger partial charge in [-0.3, -0.25) is 29.1 Å². The molecule has 0 unspecified atom stereocenters. The maximum Gasteiger partial charge on any atom is 0.303 e. The number of hydrogen-bond acceptors (Lipinski definition) is 8. The number of carbonyl (C=O) groups is 4. The predicted molar refractivity (Wildman–Crippen MR) is 135 cm³/mol. The van der Waals surface area contributed by atoms with Gasteiger partial charge in [0.1, 0.15) is 0 Å². The second-order valence-electron chi connectivity index (χ2n) is 7.48. The lowest BCUT2D eigenvalue weighted by molar-refractivity contribution is -0.139. The van der Waals surface area contributed by atoms with E-state index in [0.29, 0.717) is 24.0 Å². The molecule has 0 aliphatic heterocycles. The molecule has 0 aliphatic carbocycles.